The second-order valence-electron chi connectivity index (χ2n) is 1.49. The molecule has 0 aliphatic heterocycles. The van der Waals surface area contributed by atoms with Gasteiger partial charge < -0.3 is 5.11 Å². The lowest BCUT2D eigenvalue weighted by molar-refractivity contribution is 0.244. The fourth-order valence-electron chi connectivity index (χ4n) is 0.332. The van der Waals surface area contributed by atoms with E-state index in [9.17, 15) is 0 Å². The second kappa shape index (κ2) is 3.43. The van der Waals surface area contributed by atoms with Crippen LogP contribution in [0.2, 0.25) is 0 Å². The summed E-state index contributed by atoms with van der Waals surface area (Å²) in [7, 11) is 0. The molecule has 1 nitrogen and oxygen atoms in total. The number of aliphatic hydroxyl groups is 1. The Labute approximate surface area is 57.6 Å². The Kier molecular flexibility index (Phi) is 3.65. The Balaban J connectivity index is 3.45. The van der Waals surface area contributed by atoms with E-state index in [0.29, 0.717) is 0 Å². The van der Waals surface area contributed by atoms with E-state index < -0.39 is 0 Å². The molecule has 0 saturated heterocycles. The molecule has 0 aromatic heterocycles. The van der Waals surface area contributed by atoms with Crippen LogP contribution < -0.4 is 0 Å². The molecule has 0 spiro atoms. The summed E-state index contributed by atoms with van der Waals surface area (Å²) >= 11 is 2.16. The van der Waals surface area contributed by atoms with Crippen LogP contribution in [-0.4, -0.2) is 11.2 Å². The van der Waals surface area contributed by atoms with Gasteiger partial charge in [0.1, 0.15) is 0 Å². The third-order valence-corrected chi connectivity index (χ3v) is 0.830. The quantitative estimate of drug-likeness (QED) is 0.656. The first-order valence-corrected chi connectivity index (χ1v) is 3.23. The van der Waals surface area contributed by atoms with E-state index in [1.54, 1.807) is 13.0 Å². The van der Waals surface area contributed by atoms with E-state index in [-0.39, 0.29) is 6.10 Å². The monoisotopic (exact) mass is 212 g/mol. The van der Waals surface area contributed by atoms with E-state index in [0.717, 1.165) is 3.58 Å². The predicted molar refractivity (Wildman–Crippen MR) is 39.5 cm³/mol. The lowest BCUT2D eigenvalue weighted by atomic mass is 10.4. The van der Waals surface area contributed by atoms with Gasteiger partial charge in [-0.15, -0.1) is 0 Å². The van der Waals surface area contributed by atoms with Crippen LogP contribution in [0.1, 0.15) is 13.8 Å². The molecule has 0 radical (unpaired) electrons. The summed E-state index contributed by atoms with van der Waals surface area (Å²) in [4.78, 5) is 0. The Bertz CT molecular complexity index is 72.1. The Morgan fingerprint density at radius 2 is 2.29 bits per heavy atom. The van der Waals surface area contributed by atoms with E-state index in [2.05, 4.69) is 22.6 Å². The first-order chi connectivity index (χ1) is 3.13. The molecule has 7 heavy (non-hydrogen) atoms. The maximum atomic E-state index is 8.64. The zero-order valence-corrected chi connectivity index (χ0v) is 6.64. The molecular weight excluding hydrogens is 203 g/mol. The molecule has 1 atom stereocenters. The van der Waals surface area contributed by atoms with Crippen LogP contribution in [0.3, 0.4) is 0 Å². The molecule has 0 aliphatic carbocycles. The van der Waals surface area contributed by atoms with Crippen molar-refractivity contribution >= 4 is 22.6 Å². The van der Waals surface area contributed by atoms with Gasteiger partial charge in [-0.05, 0) is 46.1 Å². The standard InChI is InChI=1S/C5H9IO/c1-4(6)3-5(2)7/h3,5,7H,1-2H3/b4-3-. The van der Waals surface area contributed by atoms with E-state index in [1.807, 2.05) is 6.92 Å². The van der Waals surface area contributed by atoms with E-state index in [4.69, 9.17) is 5.11 Å². The third kappa shape index (κ3) is 6.43. The highest BCUT2D eigenvalue weighted by Crippen LogP contribution is 2.03. The normalized spacial score (nSPS) is 16.9. The largest absolute Gasteiger partial charge is 0.389 e. The number of allylic oxidation sites excluding steroid dienone is 1. The van der Waals surface area contributed by atoms with Crippen molar-refractivity contribution in [1.29, 1.82) is 0 Å². The highest BCUT2D eigenvalue weighted by Gasteiger charge is 1.85. The predicted octanol–water partition coefficient (Wildman–Crippen LogP) is 1.71. The topological polar surface area (TPSA) is 20.2 Å². The maximum absolute atomic E-state index is 8.64. The zero-order chi connectivity index (χ0) is 5.86. The van der Waals surface area contributed by atoms with Crippen LogP contribution in [0, 0.1) is 0 Å². The lowest BCUT2D eigenvalue weighted by Crippen LogP contribution is -1.91. The van der Waals surface area contributed by atoms with Crippen molar-refractivity contribution in [3.63, 3.8) is 0 Å². The van der Waals surface area contributed by atoms with Gasteiger partial charge in [-0.25, -0.2) is 0 Å². The first-order valence-electron chi connectivity index (χ1n) is 2.15. The van der Waals surface area contributed by atoms with Crippen molar-refractivity contribution in [3.8, 4) is 0 Å². The van der Waals surface area contributed by atoms with Gasteiger partial charge in [-0.3, -0.25) is 0 Å². The fraction of sp³-hybridized carbons (Fsp3) is 0.600. The maximum Gasteiger partial charge on any atom is 0.0702 e. The zero-order valence-electron chi connectivity index (χ0n) is 4.48. The van der Waals surface area contributed by atoms with Crippen molar-refractivity contribution < 1.29 is 5.11 Å². The van der Waals surface area contributed by atoms with Gasteiger partial charge in [-0.2, -0.15) is 0 Å². The minimum Gasteiger partial charge on any atom is -0.389 e. The van der Waals surface area contributed by atoms with E-state index >= 15 is 0 Å². The van der Waals surface area contributed by atoms with Crippen LogP contribution in [0.15, 0.2) is 9.66 Å². The highest BCUT2D eigenvalue weighted by molar-refractivity contribution is 14.1. The van der Waals surface area contributed by atoms with Gasteiger partial charge in [0.2, 0.25) is 0 Å². The highest BCUT2D eigenvalue weighted by atomic mass is 127. The smallest absolute Gasteiger partial charge is 0.0702 e. The summed E-state index contributed by atoms with van der Waals surface area (Å²) in [5.74, 6) is 0. The van der Waals surface area contributed by atoms with Crippen molar-refractivity contribution in [2.75, 3.05) is 0 Å². The Morgan fingerprint density at radius 1 is 1.86 bits per heavy atom. The molecule has 0 saturated carbocycles. The van der Waals surface area contributed by atoms with Gasteiger partial charge in [0, 0.05) is 0 Å². The molecular formula is C5H9IO. The molecule has 42 valence electrons. The fourth-order valence-corrected chi connectivity index (χ4v) is 0.853. The van der Waals surface area contributed by atoms with Crippen LogP contribution in [0.5, 0.6) is 0 Å². The average molecular weight is 212 g/mol. The molecule has 0 aliphatic rings. The van der Waals surface area contributed by atoms with Crippen LogP contribution in [0.25, 0.3) is 0 Å². The summed E-state index contributed by atoms with van der Waals surface area (Å²) in [6.45, 7) is 3.69. The molecule has 2 heteroatoms. The van der Waals surface area contributed by atoms with Crippen molar-refractivity contribution in [3.05, 3.63) is 9.66 Å². The van der Waals surface area contributed by atoms with Crippen molar-refractivity contribution in [2.45, 2.75) is 20.0 Å². The van der Waals surface area contributed by atoms with Crippen LogP contribution in [0.4, 0.5) is 0 Å². The second-order valence-corrected chi connectivity index (χ2v) is 3.20. The molecule has 0 aromatic rings. The van der Waals surface area contributed by atoms with Gasteiger partial charge in [0.05, 0.1) is 6.10 Å². The van der Waals surface area contributed by atoms with E-state index in [1.165, 1.54) is 0 Å². The van der Waals surface area contributed by atoms with Gasteiger partial charge in [0.25, 0.3) is 0 Å². The van der Waals surface area contributed by atoms with Gasteiger partial charge in [-0.1, -0.05) is 0 Å². The third-order valence-electron chi connectivity index (χ3n) is 0.471. The minimum atomic E-state index is -0.295. The molecule has 0 rings (SSSR count). The number of hydrogen-bond acceptors (Lipinski definition) is 1. The molecule has 0 fully saturated rings. The van der Waals surface area contributed by atoms with Gasteiger partial charge in [0.15, 0.2) is 0 Å². The van der Waals surface area contributed by atoms with Crippen LogP contribution in [-0.2, 0) is 0 Å². The Morgan fingerprint density at radius 3 is 2.29 bits per heavy atom. The SMILES string of the molecule is C/C(I)=C/C(C)O. The first kappa shape index (κ1) is 7.43. The van der Waals surface area contributed by atoms with Gasteiger partial charge >= 0.3 is 0 Å². The lowest BCUT2D eigenvalue weighted by Gasteiger charge is -1.91. The summed E-state index contributed by atoms with van der Waals surface area (Å²) in [5.41, 5.74) is 0. The molecule has 0 amide bonds. The van der Waals surface area contributed by atoms with Crippen molar-refractivity contribution in [1.82, 2.24) is 0 Å². The number of hydrogen-bond donors (Lipinski definition) is 1. The number of halogens is 1. The molecule has 0 aromatic carbocycles. The number of rotatable bonds is 1. The summed E-state index contributed by atoms with van der Waals surface area (Å²) in [6, 6.07) is 0. The molecule has 0 bridgehead atoms. The number of aliphatic hydroxyl groups excluding tert-OH is 1. The summed E-state index contributed by atoms with van der Waals surface area (Å²) < 4.78 is 1.13. The Hall–Kier alpha value is 0.430. The molecule has 1 N–H and O–H groups in total. The average Bonchev–Trinajstić information content (AvgIpc) is 1.27. The minimum absolute atomic E-state index is 0.295. The van der Waals surface area contributed by atoms with Crippen LogP contribution >= 0.6 is 22.6 Å². The van der Waals surface area contributed by atoms with Crippen molar-refractivity contribution in [2.24, 2.45) is 0 Å². The summed E-state index contributed by atoms with van der Waals surface area (Å²) in [5, 5.41) is 8.64. The molecule has 0 heterocycles. The summed E-state index contributed by atoms with van der Waals surface area (Å²) in [6.07, 6.45) is 1.50. The molecule has 1 unspecified atom stereocenters.